The quantitative estimate of drug-likeness (QED) is 0.773. The van der Waals surface area contributed by atoms with E-state index in [1.807, 2.05) is 0 Å². The summed E-state index contributed by atoms with van der Waals surface area (Å²) in [4.78, 5) is 0. The Morgan fingerprint density at radius 3 is 2.76 bits per heavy atom. The lowest BCUT2D eigenvalue weighted by atomic mass is 9.77. The van der Waals surface area contributed by atoms with Crippen molar-refractivity contribution in [3.8, 4) is 0 Å². The van der Waals surface area contributed by atoms with Crippen LogP contribution in [0.2, 0.25) is 0 Å². The molecule has 3 atom stereocenters. The van der Waals surface area contributed by atoms with E-state index in [0.29, 0.717) is 17.9 Å². The van der Waals surface area contributed by atoms with E-state index in [1.165, 1.54) is 41.6 Å². The maximum atomic E-state index is 6.29. The molecule has 25 heavy (non-hydrogen) atoms. The zero-order valence-corrected chi connectivity index (χ0v) is 15.4. The van der Waals surface area contributed by atoms with Gasteiger partial charge in [0.2, 0.25) is 0 Å². The van der Waals surface area contributed by atoms with Gasteiger partial charge in [0.25, 0.3) is 0 Å². The van der Waals surface area contributed by atoms with E-state index in [-0.39, 0.29) is 6.10 Å². The molecule has 2 heteroatoms. The SMILES string of the molecule is CC(C)c1ccc2c(c1)[C@H]1OCCC[C@H]1[C@H](CCc1ccccc1)N2. The number of aryl methyl sites for hydroxylation is 1. The summed E-state index contributed by atoms with van der Waals surface area (Å²) in [5.74, 6) is 1.15. The minimum absolute atomic E-state index is 0.268. The van der Waals surface area contributed by atoms with Gasteiger partial charge in [-0.3, -0.25) is 0 Å². The van der Waals surface area contributed by atoms with Gasteiger partial charge in [-0.1, -0.05) is 56.3 Å². The van der Waals surface area contributed by atoms with Gasteiger partial charge in [0.15, 0.2) is 0 Å². The molecular weight excluding hydrogens is 306 g/mol. The van der Waals surface area contributed by atoms with Gasteiger partial charge in [0.05, 0.1) is 6.10 Å². The van der Waals surface area contributed by atoms with E-state index in [9.17, 15) is 0 Å². The van der Waals surface area contributed by atoms with Crippen LogP contribution in [-0.2, 0) is 11.2 Å². The van der Waals surface area contributed by atoms with Crippen molar-refractivity contribution in [2.24, 2.45) is 5.92 Å². The molecule has 0 amide bonds. The Kier molecular flexibility index (Phi) is 4.80. The van der Waals surface area contributed by atoms with Gasteiger partial charge in [0.1, 0.15) is 0 Å². The second-order valence-corrected chi connectivity index (χ2v) is 7.87. The Labute approximate surface area is 151 Å². The third-order valence-electron chi connectivity index (χ3n) is 5.86. The predicted molar refractivity (Wildman–Crippen MR) is 104 cm³/mol. The van der Waals surface area contributed by atoms with Crippen LogP contribution < -0.4 is 5.32 Å². The summed E-state index contributed by atoms with van der Waals surface area (Å²) in [6.07, 6.45) is 5.01. The minimum Gasteiger partial charge on any atom is -0.382 e. The average Bonchev–Trinajstić information content (AvgIpc) is 2.66. The van der Waals surface area contributed by atoms with Gasteiger partial charge in [-0.25, -0.2) is 0 Å². The van der Waals surface area contributed by atoms with Gasteiger partial charge in [-0.2, -0.15) is 0 Å². The summed E-state index contributed by atoms with van der Waals surface area (Å²) in [5.41, 5.74) is 5.51. The van der Waals surface area contributed by atoms with Gasteiger partial charge in [-0.05, 0) is 48.8 Å². The number of hydrogen-bond acceptors (Lipinski definition) is 2. The highest BCUT2D eigenvalue weighted by Crippen LogP contribution is 2.45. The van der Waals surface area contributed by atoms with E-state index in [0.717, 1.165) is 13.0 Å². The molecule has 0 bridgehead atoms. The van der Waals surface area contributed by atoms with Crippen LogP contribution >= 0.6 is 0 Å². The third-order valence-corrected chi connectivity index (χ3v) is 5.86. The second kappa shape index (κ2) is 7.21. The number of hydrogen-bond donors (Lipinski definition) is 1. The summed E-state index contributed by atoms with van der Waals surface area (Å²) in [6.45, 7) is 5.43. The van der Waals surface area contributed by atoms with Gasteiger partial charge < -0.3 is 10.1 Å². The lowest BCUT2D eigenvalue weighted by molar-refractivity contribution is -0.0384. The Morgan fingerprint density at radius 1 is 1.12 bits per heavy atom. The number of rotatable bonds is 4. The summed E-state index contributed by atoms with van der Waals surface area (Å²) >= 11 is 0. The van der Waals surface area contributed by atoms with E-state index >= 15 is 0 Å². The van der Waals surface area contributed by atoms with Crippen molar-refractivity contribution in [3.63, 3.8) is 0 Å². The molecule has 2 aliphatic rings. The molecule has 0 unspecified atom stereocenters. The molecule has 2 nitrogen and oxygen atoms in total. The van der Waals surface area contributed by atoms with Crippen molar-refractivity contribution in [2.45, 2.75) is 57.6 Å². The first kappa shape index (κ1) is 16.7. The lowest BCUT2D eigenvalue weighted by Gasteiger charge is -2.43. The van der Waals surface area contributed by atoms with E-state index < -0.39 is 0 Å². The molecule has 2 aromatic carbocycles. The molecule has 1 saturated heterocycles. The molecule has 2 aromatic rings. The van der Waals surface area contributed by atoms with Crippen LogP contribution in [0.5, 0.6) is 0 Å². The van der Waals surface area contributed by atoms with Gasteiger partial charge in [-0.15, -0.1) is 0 Å². The number of benzene rings is 2. The van der Waals surface area contributed by atoms with Crippen molar-refractivity contribution < 1.29 is 4.74 Å². The molecule has 0 spiro atoms. The smallest absolute Gasteiger partial charge is 0.0892 e. The van der Waals surface area contributed by atoms with Crippen LogP contribution in [0.15, 0.2) is 48.5 Å². The van der Waals surface area contributed by atoms with Crippen molar-refractivity contribution in [1.82, 2.24) is 0 Å². The zero-order chi connectivity index (χ0) is 17.2. The molecule has 132 valence electrons. The fraction of sp³-hybridized carbons (Fsp3) is 0.478. The summed E-state index contributed by atoms with van der Waals surface area (Å²) < 4.78 is 6.29. The van der Waals surface area contributed by atoms with Crippen molar-refractivity contribution in [2.75, 3.05) is 11.9 Å². The predicted octanol–water partition coefficient (Wildman–Crippen LogP) is 5.70. The van der Waals surface area contributed by atoms with Crippen molar-refractivity contribution in [1.29, 1.82) is 0 Å². The molecule has 0 saturated carbocycles. The molecule has 0 aliphatic carbocycles. The van der Waals surface area contributed by atoms with Gasteiger partial charge in [0, 0.05) is 29.8 Å². The molecule has 0 aromatic heterocycles. The highest BCUT2D eigenvalue weighted by molar-refractivity contribution is 5.57. The Hall–Kier alpha value is -1.80. The normalized spacial score (nSPS) is 25.2. The van der Waals surface area contributed by atoms with Crippen LogP contribution in [0.3, 0.4) is 0 Å². The maximum Gasteiger partial charge on any atom is 0.0892 e. The first-order chi connectivity index (χ1) is 12.2. The molecule has 4 rings (SSSR count). The Morgan fingerprint density at radius 2 is 1.96 bits per heavy atom. The standard InChI is InChI=1S/C23H29NO/c1-16(2)18-11-13-22-20(15-18)23-19(9-6-14-25-23)21(24-22)12-10-17-7-4-3-5-8-17/h3-5,7-8,11,13,15-16,19,21,23-24H,6,9-10,12,14H2,1-2H3/t19-,21-,23-/m0/s1. The highest BCUT2D eigenvalue weighted by atomic mass is 16.5. The maximum absolute atomic E-state index is 6.29. The molecular formula is C23H29NO. The Balaban J connectivity index is 1.57. The fourth-order valence-corrected chi connectivity index (χ4v) is 4.40. The van der Waals surface area contributed by atoms with Crippen LogP contribution in [-0.4, -0.2) is 12.6 Å². The average molecular weight is 335 g/mol. The van der Waals surface area contributed by atoms with Gasteiger partial charge >= 0.3 is 0 Å². The first-order valence-corrected chi connectivity index (χ1v) is 9.78. The first-order valence-electron chi connectivity index (χ1n) is 9.78. The third kappa shape index (κ3) is 3.46. The topological polar surface area (TPSA) is 21.3 Å². The molecule has 2 aliphatic heterocycles. The van der Waals surface area contributed by atoms with E-state index in [2.05, 4.69) is 67.7 Å². The number of nitrogens with one attached hydrogen (secondary N) is 1. The monoisotopic (exact) mass is 335 g/mol. The summed E-state index contributed by atoms with van der Waals surface area (Å²) in [6, 6.07) is 18.3. The van der Waals surface area contributed by atoms with E-state index in [1.54, 1.807) is 0 Å². The highest BCUT2D eigenvalue weighted by Gasteiger charge is 2.38. The zero-order valence-electron chi connectivity index (χ0n) is 15.4. The van der Waals surface area contributed by atoms with Crippen molar-refractivity contribution >= 4 is 5.69 Å². The summed E-state index contributed by atoms with van der Waals surface area (Å²) in [7, 11) is 0. The van der Waals surface area contributed by atoms with Crippen LogP contribution in [0, 0.1) is 5.92 Å². The lowest BCUT2D eigenvalue weighted by Crippen LogP contribution is -2.41. The second-order valence-electron chi connectivity index (χ2n) is 7.87. The molecule has 1 fully saturated rings. The van der Waals surface area contributed by atoms with Crippen LogP contribution in [0.1, 0.15) is 61.8 Å². The Bertz CT molecular complexity index is 709. The number of fused-ring (bicyclic) bond motifs is 3. The van der Waals surface area contributed by atoms with Crippen LogP contribution in [0.25, 0.3) is 0 Å². The van der Waals surface area contributed by atoms with E-state index in [4.69, 9.17) is 4.74 Å². The van der Waals surface area contributed by atoms with Crippen LogP contribution in [0.4, 0.5) is 5.69 Å². The summed E-state index contributed by atoms with van der Waals surface area (Å²) in [5, 5.41) is 3.85. The largest absolute Gasteiger partial charge is 0.382 e. The van der Waals surface area contributed by atoms with Crippen molar-refractivity contribution in [3.05, 3.63) is 65.2 Å². The molecule has 2 heterocycles. The number of ether oxygens (including phenoxy) is 1. The molecule has 0 radical (unpaired) electrons. The molecule has 1 N–H and O–H groups in total. The fourth-order valence-electron chi connectivity index (χ4n) is 4.40. The minimum atomic E-state index is 0.268. The number of anilines is 1.